The Morgan fingerprint density at radius 2 is 1.95 bits per heavy atom. The van der Waals surface area contributed by atoms with Crippen molar-refractivity contribution in [1.82, 2.24) is 0 Å². The summed E-state index contributed by atoms with van der Waals surface area (Å²) in [5.41, 5.74) is 4.16. The van der Waals surface area contributed by atoms with Crippen molar-refractivity contribution in [3.05, 3.63) is 75.6 Å². The smallest absolute Gasteiger partial charge is 0.141 e. The molecule has 1 nitrogen and oxygen atoms in total. The van der Waals surface area contributed by atoms with Gasteiger partial charge >= 0.3 is 0 Å². The number of rotatable bonds is 2. The molecule has 1 aliphatic rings. The zero-order valence-electron chi connectivity index (χ0n) is 11.4. The van der Waals surface area contributed by atoms with Gasteiger partial charge in [-0.05, 0) is 41.7 Å². The van der Waals surface area contributed by atoms with E-state index in [4.69, 9.17) is 11.6 Å². The lowest BCUT2D eigenvalue weighted by molar-refractivity contribution is -0.108. The molecule has 0 aliphatic heterocycles. The van der Waals surface area contributed by atoms with Crippen molar-refractivity contribution in [2.75, 3.05) is 0 Å². The first kappa shape index (κ1) is 14.0. The molecule has 0 bridgehead atoms. The molecule has 1 atom stereocenters. The van der Waals surface area contributed by atoms with E-state index < -0.39 is 5.82 Å². The largest absolute Gasteiger partial charge is 0.302 e. The fourth-order valence-electron chi connectivity index (χ4n) is 2.84. The minimum Gasteiger partial charge on any atom is -0.302 e. The first-order chi connectivity index (χ1) is 10.2. The molecule has 21 heavy (non-hydrogen) atoms. The number of carbonyl (C=O) groups excluding carboxylic acids is 1. The minimum absolute atomic E-state index is 0.100. The lowest BCUT2D eigenvalue weighted by Gasteiger charge is -2.24. The number of aryl methyl sites for hydroxylation is 1. The molecule has 3 heteroatoms. The lowest BCUT2D eigenvalue weighted by atomic mass is 9.79. The Hall–Kier alpha value is -1.93. The number of allylic oxidation sites excluding steroid dienone is 1. The van der Waals surface area contributed by atoms with Crippen LogP contribution in [0.5, 0.6) is 0 Å². The van der Waals surface area contributed by atoms with E-state index in [1.807, 2.05) is 24.3 Å². The van der Waals surface area contributed by atoms with Crippen LogP contribution in [-0.2, 0) is 11.2 Å². The number of aldehydes is 1. The average molecular weight is 301 g/mol. The third kappa shape index (κ3) is 2.77. The van der Waals surface area contributed by atoms with E-state index in [-0.39, 0.29) is 10.9 Å². The van der Waals surface area contributed by atoms with E-state index in [0.717, 1.165) is 35.8 Å². The van der Waals surface area contributed by atoms with Crippen molar-refractivity contribution in [2.24, 2.45) is 0 Å². The maximum atomic E-state index is 13.2. The van der Waals surface area contributed by atoms with E-state index in [2.05, 4.69) is 6.07 Å². The number of hydrogen-bond donors (Lipinski definition) is 0. The Balaban J connectivity index is 2.00. The van der Waals surface area contributed by atoms with Crippen LogP contribution in [0.15, 0.2) is 48.0 Å². The summed E-state index contributed by atoms with van der Waals surface area (Å²) in [4.78, 5) is 11.5. The van der Waals surface area contributed by atoms with Crippen LogP contribution in [0.25, 0.3) is 6.08 Å². The van der Waals surface area contributed by atoms with Crippen molar-refractivity contribution >= 4 is 24.0 Å². The van der Waals surface area contributed by atoms with Gasteiger partial charge in [0.15, 0.2) is 0 Å². The van der Waals surface area contributed by atoms with Gasteiger partial charge in [-0.15, -0.1) is 0 Å². The molecule has 0 aromatic heterocycles. The highest BCUT2D eigenvalue weighted by Crippen LogP contribution is 2.35. The predicted molar refractivity (Wildman–Crippen MR) is 83.0 cm³/mol. The van der Waals surface area contributed by atoms with Crippen molar-refractivity contribution in [3.8, 4) is 0 Å². The molecule has 2 aromatic carbocycles. The highest BCUT2D eigenvalue weighted by atomic mass is 35.5. The molecule has 3 rings (SSSR count). The van der Waals surface area contributed by atoms with Crippen LogP contribution >= 0.6 is 11.6 Å². The molecule has 0 N–H and O–H groups in total. The molecular weight excluding hydrogens is 287 g/mol. The number of halogens is 2. The highest BCUT2D eigenvalue weighted by molar-refractivity contribution is 6.30. The van der Waals surface area contributed by atoms with Crippen LogP contribution in [0.2, 0.25) is 5.02 Å². The van der Waals surface area contributed by atoms with Crippen LogP contribution in [0.1, 0.15) is 29.0 Å². The summed E-state index contributed by atoms with van der Waals surface area (Å²) in [5.74, 6) is -0.654. The van der Waals surface area contributed by atoms with E-state index in [9.17, 15) is 9.18 Å². The Morgan fingerprint density at radius 1 is 1.14 bits per heavy atom. The Kier molecular flexibility index (Phi) is 3.89. The van der Waals surface area contributed by atoms with Crippen molar-refractivity contribution < 1.29 is 9.18 Å². The Morgan fingerprint density at radius 3 is 2.71 bits per heavy atom. The van der Waals surface area contributed by atoms with E-state index in [1.54, 1.807) is 12.1 Å². The summed E-state index contributed by atoms with van der Waals surface area (Å²) < 4.78 is 13.2. The molecule has 0 saturated heterocycles. The normalized spacial score (nSPS) is 19.3. The fraction of sp³-hybridized carbons (Fsp3) is 0.167. The fourth-order valence-corrected chi connectivity index (χ4v) is 3.03. The second-order valence-corrected chi connectivity index (χ2v) is 5.61. The van der Waals surface area contributed by atoms with Gasteiger partial charge in [-0.3, -0.25) is 0 Å². The summed E-state index contributed by atoms with van der Waals surface area (Å²) >= 11 is 5.81. The van der Waals surface area contributed by atoms with Crippen LogP contribution in [0.3, 0.4) is 0 Å². The van der Waals surface area contributed by atoms with Crippen molar-refractivity contribution in [1.29, 1.82) is 0 Å². The van der Waals surface area contributed by atoms with Gasteiger partial charge in [0.05, 0.1) is 10.9 Å². The molecule has 106 valence electrons. The maximum Gasteiger partial charge on any atom is 0.141 e. The Bertz CT molecular complexity index is 721. The highest BCUT2D eigenvalue weighted by Gasteiger charge is 2.23. The molecule has 1 aliphatic carbocycles. The van der Waals surface area contributed by atoms with Gasteiger partial charge in [0.1, 0.15) is 12.1 Å². The molecule has 0 saturated carbocycles. The molecule has 0 amide bonds. The van der Waals surface area contributed by atoms with E-state index in [0.29, 0.717) is 0 Å². The third-order valence-electron chi connectivity index (χ3n) is 3.90. The first-order valence-electron chi connectivity index (χ1n) is 6.87. The van der Waals surface area contributed by atoms with E-state index >= 15 is 0 Å². The molecule has 0 heterocycles. The summed E-state index contributed by atoms with van der Waals surface area (Å²) in [6, 6.07) is 12.6. The van der Waals surface area contributed by atoms with Crippen molar-refractivity contribution in [3.63, 3.8) is 0 Å². The quantitative estimate of drug-likeness (QED) is 0.729. The molecular formula is C18H14ClFO. The number of hydrogen-bond acceptors (Lipinski definition) is 1. The second-order valence-electron chi connectivity index (χ2n) is 5.21. The number of carbonyl (C=O) groups is 1. The van der Waals surface area contributed by atoms with Crippen LogP contribution in [0.4, 0.5) is 4.39 Å². The number of benzene rings is 2. The summed E-state index contributed by atoms with van der Waals surface area (Å²) in [5, 5.41) is 0.100. The summed E-state index contributed by atoms with van der Waals surface area (Å²) in [6.45, 7) is 0. The van der Waals surface area contributed by atoms with E-state index in [1.165, 1.54) is 11.6 Å². The molecule has 0 fully saturated rings. The predicted octanol–water partition coefficient (Wildman–Crippen LogP) is 4.79. The zero-order valence-corrected chi connectivity index (χ0v) is 12.1. The molecule has 2 aromatic rings. The second kappa shape index (κ2) is 5.82. The average Bonchev–Trinajstić information content (AvgIpc) is 2.51. The number of fused-ring (bicyclic) bond motifs is 1. The summed E-state index contributed by atoms with van der Waals surface area (Å²) in [7, 11) is 0. The first-order valence-corrected chi connectivity index (χ1v) is 7.25. The SMILES string of the molecule is O=CC1C(=Cc2ccc(F)c(Cl)c2)CCc2ccccc21. The van der Waals surface area contributed by atoms with Gasteiger partial charge < -0.3 is 4.79 Å². The minimum atomic E-state index is -0.431. The van der Waals surface area contributed by atoms with Gasteiger partial charge in [0, 0.05) is 0 Å². The Labute approximate surface area is 128 Å². The van der Waals surface area contributed by atoms with Crippen LogP contribution in [-0.4, -0.2) is 6.29 Å². The van der Waals surface area contributed by atoms with Gasteiger partial charge in [-0.2, -0.15) is 0 Å². The maximum absolute atomic E-state index is 13.2. The topological polar surface area (TPSA) is 17.1 Å². The van der Waals surface area contributed by atoms with Gasteiger partial charge in [0.25, 0.3) is 0 Å². The third-order valence-corrected chi connectivity index (χ3v) is 4.19. The molecule has 1 unspecified atom stereocenters. The van der Waals surface area contributed by atoms with Gasteiger partial charge in [-0.1, -0.05) is 53.6 Å². The van der Waals surface area contributed by atoms with Crippen molar-refractivity contribution in [2.45, 2.75) is 18.8 Å². The van der Waals surface area contributed by atoms with Crippen LogP contribution < -0.4 is 0 Å². The monoisotopic (exact) mass is 300 g/mol. The van der Waals surface area contributed by atoms with Gasteiger partial charge in [-0.25, -0.2) is 4.39 Å². The zero-order chi connectivity index (χ0) is 14.8. The van der Waals surface area contributed by atoms with Gasteiger partial charge in [0.2, 0.25) is 0 Å². The summed E-state index contributed by atoms with van der Waals surface area (Å²) in [6.07, 6.45) is 4.67. The standard InChI is InChI=1S/C18H14ClFO/c19-17-10-12(5-8-18(17)20)9-14-7-6-13-3-1-2-4-15(13)16(14)11-21/h1-5,8-11,16H,6-7H2. The molecule has 0 spiro atoms. The molecule has 0 radical (unpaired) electrons. The lowest BCUT2D eigenvalue weighted by Crippen LogP contribution is -2.13. The van der Waals surface area contributed by atoms with Crippen LogP contribution in [0, 0.1) is 5.82 Å².